The molecule has 0 amide bonds. The molecule has 1 N–H and O–H groups in total. The lowest BCUT2D eigenvalue weighted by molar-refractivity contribution is 0.446. The van der Waals surface area contributed by atoms with Crippen molar-refractivity contribution in [3.8, 4) is 67.5 Å². The Morgan fingerprint density at radius 2 is 1.09 bits per heavy atom. The van der Waals surface area contributed by atoms with Crippen LogP contribution in [-0.2, 0) is 10.8 Å². The highest BCUT2D eigenvalue weighted by atomic mass is 16.3. The van der Waals surface area contributed by atoms with E-state index in [-0.39, 0.29) is 22.5 Å². The van der Waals surface area contributed by atoms with E-state index in [0.717, 1.165) is 88.5 Å². The van der Waals surface area contributed by atoms with Crippen molar-refractivity contribution in [2.45, 2.75) is 72.1 Å². The first-order valence-electron chi connectivity index (χ1n) is 22.8. The van der Waals surface area contributed by atoms with Gasteiger partial charge < -0.3 is 5.11 Å². The summed E-state index contributed by atoms with van der Waals surface area (Å²) in [6.45, 7) is 17.8. The summed E-state index contributed by atoms with van der Waals surface area (Å²) in [5, 5.41) is 16.9. The third-order valence-corrected chi connectivity index (χ3v) is 13.0. The van der Waals surface area contributed by atoms with Crippen LogP contribution in [0.4, 0.5) is 0 Å². The van der Waals surface area contributed by atoms with Gasteiger partial charge in [0.1, 0.15) is 11.6 Å². The molecule has 0 aliphatic heterocycles. The number of benzene rings is 8. The number of fused-ring (bicyclic) bond motifs is 5. The fourth-order valence-corrected chi connectivity index (χ4v) is 9.36. The highest BCUT2D eigenvalue weighted by Gasteiger charge is 2.29. The number of aromatic hydroxyl groups is 1. The Morgan fingerprint density at radius 1 is 0.523 bits per heavy atom. The van der Waals surface area contributed by atoms with Gasteiger partial charge in [0.2, 0.25) is 0 Å². The molecule has 0 spiro atoms. The lowest BCUT2D eigenvalue weighted by Gasteiger charge is -2.28. The van der Waals surface area contributed by atoms with Gasteiger partial charge in [-0.15, -0.1) is 0 Å². The molecule has 4 nitrogen and oxygen atoms in total. The third-order valence-electron chi connectivity index (χ3n) is 13.0. The number of aromatic nitrogens is 3. The molecule has 2 heterocycles. The maximum absolute atomic E-state index is 12.5. The van der Waals surface area contributed by atoms with E-state index < -0.39 is 0 Å². The van der Waals surface area contributed by atoms with Crippen LogP contribution in [0.3, 0.4) is 0 Å². The number of phenolic OH excluding ortho intramolecular Hbond substituents is 1. The first-order chi connectivity index (χ1) is 31.2. The number of hydrogen-bond acceptors (Lipinski definition) is 3. The molecular weight excluding hydrogens is 791 g/mol. The summed E-state index contributed by atoms with van der Waals surface area (Å²) in [6.07, 6.45) is 1.90. The van der Waals surface area contributed by atoms with Crippen LogP contribution in [0.5, 0.6) is 5.75 Å². The highest BCUT2D eigenvalue weighted by molar-refractivity contribution is 6.19. The zero-order valence-electron chi connectivity index (χ0n) is 38.6. The minimum atomic E-state index is -0.317. The summed E-state index contributed by atoms with van der Waals surface area (Å²) < 4.78 is 2.31. The van der Waals surface area contributed by atoms with Crippen molar-refractivity contribution in [3.63, 3.8) is 0 Å². The number of rotatable bonds is 7. The van der Waals surface area contributed by atoms with E-state index in [0.29, 0.717) is 5.82 Å². The Bertz CT molecular complexity index is 3400. The van der Waals surface area contributed by atoms with E-state index in [1.54, 1.807) is 0 Å². The fraction of sp³-hybridized carbons (Fsp3) is 0.180. The average Bonchev–Trinajstić information content (AvgIpc) is 3.70. The summed E-state index contributed by atoms with van der Waals surface area (Å²) in [5.41, 5.74) is 15.4. The van der Waals surface area contributed by atoms with Gasteiger partial charge in [-0.05, 0) is 120 Å². The minimum Gasteiger partial charge on any atom is -0.507 e. The smallest absolute Gasteiger partial charge is 0.149 e. The molecule has 0 saturated heterocycles. The van der Waals surface area contributed by atoms with E-state index in [1.165, 1.54) is 16.7 Å². The van der Waals surface area contributed by atoms with E-state index in [4.69, 9.17) is 9.97 Å². The van der Waals surface area contributed by atoms with Crippen LogP contribution in [0.1, 0.15) is 78.0 Å². The molecule has 0 unspecified atom stereocenters. The van der Waals surface area contributed by atoms with Crippen molar-refractivity contribution in [1.82, 2.24) is 14.5 Å². The Hall–Kier alpha value is -7.30. The largest absolute Gasteiger partial charge is 0.507 e. The molecule has 2 aromatic heterocycles. The number of hydrogen-bond donors (Lipinski definition) is 1. The Labute approximate surface area is 382 Å². The second-order valence-electron chi connectivity index (χ2n) is 19.9. The first kappa shape index (κ1) is 41.7. The van der Waals surface area contributed by atoms with Gasteiger partial charge in [-0.1, -0.05) is 183 Å². The monoisotopic (exact) mass is 845 g/mol. The van der Waals surface area contributed by atoms with Crippen molar-refractivity contribution in [2.75, 3.05) is 0 Å². The molecule has 8 aromatic carbocycles. The van der Waals surface area contributed by atoms with Crippen molar-refractivity contribution < 1.29 is 5.11 Å². The summed E-state index contributed by atoms with van der Waals surface area (Å²) in [6, 6.07) is 60.8. The molecule has 0 bridgehead atoms. The zero-order chi connectivity index (χ0) is 45.2. The Balaban J connectivity index is 1.23. The third kappa shape index (κ3) is 7.67. The van der Waals surface area contributed by atoms with Gasteiger partial charge in [-0.3, -0.25) is 9.55 Å². The van der Waals surface area contributed by atoms with Crippen LogP contribution < -0.4 is 0 Å². The van der Waals surface area contributed by atoms with Crippen molar-refractivity contribution in [3.05, 3.63) is 193 Å². The predicted octanol–water partition coefficient (Wildman–Crippen LogP) is 16.5. The SMILES string of the molecule is CC(C)c1cc(-c2ccc(-c3ccccc3)cc2)ccc1-n1c(-c2cc(C(C)(C)C)cc(C(C)(C)C)c2O)nc2c3c(ccc4ccc(-c5cc(-c6ccccc6)ccn5)cc43)ccc21. The normalized spacial score (nSPS) is 12.2. The van der Waals surface area contributed by atoms with Crippen LogP contribution in [0.15, 0.2) is 176 Å². The fourth-order valence-electron chi connectivity index (χ4n) is 9.36. The second-order valence-corrected chi connectivity index (χ2v) is 19.9. The van der Waals surface area contributed by atoms with Crippen molar-refractivity contribution in [1.29, 1.82) is 0 Å². The second kappa shape index (κ2) is 16.0. The summed E-state index contributed by atoms with van der Waals surface area (Å²) >= 11 is 0. The topological polar surface area (TPSA) is 50.9 Å². The molecule has 0 saturated carbocycles. The predicted molar refractivity (Wildman–Crippen MR) is 274 cm³/mol. The standard InChI is InChI=1S/C61H55N3O/c1-38(2)49-33-45(42-21-19-41(20-22-42)39-15-11-9-12-16-39)28-29-54(49)64-55-30-27-44-25-23-43-24-26-47(53-35-46(31-32-62-53)40-17-13-10-14-18-40)34-50(43)56(44)57(55)63-59(64)51-36-48(60(3,4)5)37-52(58(51)65)61(6,7)8/h9-38,65H,1-8H3. The van der Waals surface area contributed by atoms with Crippen LogP contribution in [-0.4, -0.2) is 19.6 Å². The van der Waals surface area contributed by atoms with Crippen molar-refractivity contribution >= 4 is 32.6 Å². The summed E-state index contributed by atoms with van der Waals surface area (Å²) in [7, 11) is 0. The Morgan fingerprint density at radius 3 is 1.75 bits per heavy atom. The molecular formula is C61H55N3O. The quantitative estimate of drug-likeness (QED) is 0.163. The zero-order valence-corrected chi connectivity index (χ0v) is 38.6. The molecule has 0 fully saturated rings. The van der Waals surface area contributed by atoms with E-state index >= 15 is 0 Å². The number of nitrogens with zero attached hydrogens (tertiary/aromatic N) is 3. The van der Waals surface area contributed by atoms with Gasteiger partial charge in [-0.2, -0.15) is 0 Å². The number of pyridine rings is 1. The number of phenols is 1. The van der Waals surface area contributed by atoms with Gasteiger partial charge in [0.05, 0.1) is 28.0 Å². The first-order valence-corrected chi connectivity index (χ1v) is 22.8. The lowest BCUT2D eigenvalue weighted by Crippen LogP contribution is -2.17. The molecule has 10 rings (SSSR count). The van der Waals surface area contributed by atoms with Gasteiger partial charge >= 0.3 is 0 Å². The summed E-state index contributed by atoms with van der Waals surface area (Å²) in [4.78, 5) is 10.6. The van der Waals surface area contributed by atoms with Gasteiger partial charge in [0.25, 0.3) is 0 Å². The molecule has 0 aliphatic rings. The molecule has 0 aliphatic carbocycles. The van der Waals surface area contributed by atoms with Gasteiger partial charge in [0.15, 0.2) is 0 Å². The molecule has 4 heteroatoms. The van der Waals surface area contributed by atoms with Crippen molar-refractivity contribution in [2.24, 2.45) is 0 Å². The van der Waals surface area contributed by atoms with E-state index in [2.05, 4.69) is 224 Å². The number of imidazole rings is 1. The van der Waals surface area contributed by atoms with Gasteiger partial charge in [0, 0.05) is 22.7 Å². The maximum atomic E-state index is 12.5. The van der Waals surface area contributed by atoms with Crippen LogP contribution in [0, 0.1) is 0 Å². The van der Waals surface area contributed by atoms with Crippen LogP contribution >= 0.6 is 0 Å². The Kier molecular flexibility index (Phi) is 10.3. The van der Waals surface area contributed by atoms with Crippen LogP contribution in [0.25, 0.3) is 94.3 Å². The lowest BCUT2D eigenvalue weighted by atomic mass is 9.79. The van der Waals surface area contributed by atoms with Crippen LogP contribution in [0.2, 0.25) is 0 Å². The van der Waals surface area contributed by atoms with E-state index in [9.17, 15) is 5.11 Å². The molecule has 0 atom stereocenters. The highest BCUT2D eigenvalue weighted by Crippen LogP contribution is 2.46. The summed E-state index contributed by atoms with van der Waals surface area (Å²) in [5.74, 6) is 1.17. The minimum absolute atomic E-state index is 0.175. The maximum Gasteiger partial charge on any atom is 0.149 e. The molecule has 320 valence electrons. The molecule has 10 aromatic rings. The van der Waals surface area contributed by atoms with E-state index in [1.807, 2.05) is 12.3 Å². The van der Waals surface area contributed by atoms with Gasteiger partial charge in [-0.25, -0.2) is 4.98 Å². The molecule has 0 radical (unpaired) electrons. The molecule has 65 heavy (non-hydrogen) atoms. The average molecular weight is 846 g/mol.